The Hall–Kier alpha value is -2.76. The molecular formula is C14H14N2O4. The van der Waals surface area contributed by atoms with Gasteiger partial charge in [-0.1, -0.05) is 6.07 Å². The van der Waals surface area contributed by atoms with Crippen molar-refractivity contribution in [2.45, 2.75) is 0 Å². The van der Waals surface area contributed by atoms with Gasteiger partial charge in [-0.2, -0.15) is 5.10 Å². The van der Waals surface area contributed by atoms with Crippen LogP contribution in [0.2, 0.25) is 0 Å². The highest BCUT2D eigenvalue weighted by molar-refractivity contribution is 5.93. The van der Waals surface area contributed by atoms with E-state index in [1.807, 2.05) is 0 Å². The summed E-state index contributed by atoms with van der Waals surface area (Å²) >= 11 is 0. The van der Waals surface area contributed by atoms with Crippen molar-refractivity contribution in [3.05, 3.63) is 47.9 Å². The van der Waals surface area contributed by atoms with Crippen molar-refractivity contribution in [2.75, 3.05) is 14.2 Å². The quantitative estimate of drug-likeness (QED) is 0.669. The lowest BCUT2D eigenvalue weighted by Gasteiger charge is -2.08. The van der Waals surface area contributed by atoms with Crippen LogP contribution in [0.15, 0.2) is 46.1 Å². The molecule has 0 fully saturated rings. The van der Waals surface area contributed by atoms with Gasteiger partial charge in [-0.05, 0) is 24.3 Å². The predicted molar refractivity (Wildman–Crippen MR) is 73.3 cm³/mol. The van der Waals surface area contributed by atoms with E-state index in [-0.39, 0.29) is 5.76 Å². The number of nitrogens with zero attached hydrogens (tertiary/aromatic N) is 1. The number of rotatable bonds is 5. The van der Waals surface area contributed by atoms with Crippen LogP contribution in [-0.2, 0) is 0 Å². The van der Waals surface area contributed by atoms with E-state index in [1.165, 1.54) is 12.5 Å². The van der Waals surface area contributed by atoms with Crippen LogP contribution < -0.4 is 14.9 Å². The smallest absolute Gasteiger partial charge is 0.307 e. The first-order chi connectivity index (χ1) is 9.76. The van der Waals surface area contributed by atoms with Crippen molar-refractivity contribution < 1.29 is 18.7 Å². The van der Waals surface area contributed by atoms with Gasteiger partial charge in [0, 0.05) is 0 Å². The van der Waals surface area contributed by atoms with Crippen LogP contribution in [0.4, 0.5) is 0 Å². The molecule has 6 heteroatoms. The number of nitrogens with one attached hydrogen (secondary N) is 1. The molecule has 1 heterocycles. The third kappa shape index (κ3) is 2.97. The van der Waals surface area contributed by atoms with E-state index in [4.69, 9.17) is 13.9 Å². The van der Waals surface area contributed by atoms with Gasteiger partial charge in [-0.3, -0.25) is 4.79 Å². The molecule has 0 unspecified atom stereocenters. The van der Waals surface area contributed by atoms with E-state index < -0.39 is 5.91 Å². The minimum Gasteiger partial charge on any atom is -0.496 e. The molecule has 0 spiro atoms. The first-order valence-corrected chi connectivity index (χ1v) is 5.84. The van der Waals surface area contributed by atoms with Crippen molar-refractivity contribution in [3.8, 4) is 11.5 Å². The fourth-order valence-electron chi connectivity index (χ4n) is 1.63. The number of carbonyl (C=O) groups excluding carboxylic acids is 1. The fourth-order valence-corrected chi connectivity index (χ4v) is 1.63. The molecule has 0 aliphatic carbocycles. The molecule has 0 bridgehead atoms. The van der Waals surface area contributed by atoms with E-state index >= 15 is 0 Å². The van der Waals surface area contributed by atoms with Crippen LogP contribution >= 0.6 is 0 Å². The van der Waals surface area contributed by atoms with Gasteiger partial charge >= 0.3 is 5.91 Å². The number of methoxy groups -OCH3 is 2. The van der Waals surface area contributed by atoms with Gasteiger partial charge in [0.2, 0.25) is 0 Å². The van der Waals surface area contributed by atoms with Crippen LogP contribution in [-0.4, -0.2) is 26.3 Å². The summed E-state index contributed by atoms with van der Waals surface area (Å²) in [6.07, 6.45) is 2.88. The Bertz CT molecular complexity index is 583. The average molecular weight is 274 g/mol. The molecular weight excluding hydrogens is 260 g/mol. The fraction of sp³-hybridized carbons (Fsp3) is 0.143. The molecule has 1 amide bonds. The van der Waals surface area contributed by atoms with Crippen LogP contribution in [0.25, 0.3) is 0 Å². The summed E-state index contributed by atoms with van der Waals surface area (Å²) in [5, 5.41) is 3.87. The summed E-state index contributed by atoms with van der Waals surface area (Å²) in [5.41, 5.74) is 3.00. The normalized spacial score (nSPS) is 10.5. The van der Waals surface area contributed by atoms with Gasteiger partial charge < -0.3 is 13.9 Å². The lowest BCUT2D eigenvalue weighted by atomic mass is 10.2. The maximum Gasteiger partial charge on any atom is 0.307 e. The molecule has 104 valence electrons. The highest BCUT2D eigenvalue weighted by Gasteiger charge is 2.09. The summed E-state index contributed by atoms with van der Waals surface area (Å²) < 4.78 is 15.4. The van der Waals surface area contributed by atoms with E-state index in [0.29, 0.717) is 17.1 Å². The van der Waals surface area contributed by atoms with Gasteiger partial charge in [0.1, 0.15) is 11.5 Å². The maximum atomic E-state index is 11.6. The number of hydrogen-bond acceptors (Lipinski definition) is 5. The Kier molecular flexibility index (Phi) is 4.39. The van der Waals surface area contributed by atoms with Gasteiger partial charge in [0.25, 0.3) is 0 Å². The van der Waals surface area contributed by atoms with Gasteiger partial charge in [0.15, 0.2) is 5.76 Å². The van der Waals surface area contributed by atoms with Crippen molar-refractivity contribution in [2.24, 2.45) is 5.10 Å². The van der Waals surface area contributed by atoms with Crippen LogP contribution in [0, 0.1) is 0 Å². The monoisotopic (exact) mass is 274 g/mol. The lowest BCUT2D eigenvalue weighted by Crippen LogP contribution is -2.16. The lowest BCUT2D eigenvalue weighted by molar-refractivity contribution is 0.0927. The summed E-state index contributed by atoms with van der Waals surface area (Å²) in [6, 6.07) is 8.53. The number of hydrazone groups is 1. The van der Waals surface area contributed by atoms with Gasteiger partial charge in [-0.25, -0.2) is 5.43 Å². The molecule has 2 rings (SSSR count). The molecule has 1 aromatic carbocycles. The molecule has 1 N–H and O–H groups in total. The Labute approximate surface area is 116 Å². The third-order valence-corrected chi connectivity index (χ3v) is 2.57. The Balaban J connectivity index is 2.13. The molecule has 0 saturated carbocycles. The zero-order chi connectivity index (χ0) is 14.4. The number of carbonyl (C=O) groups is 1. The second-order valence-corrected chi connectivity index (χ2v) is 3.75. The minimum atomic E-state index is -0.430. The first-order valence-electron chi connectivity index (χ1n) is 5.84. The summed E-state index contributed by atoms with van der Waals surface area (Å²) in [5.74, 6) is 0.954. The minimum absolute atomic E-state index is 0.189. The molecule has 1 aromatic heterocycles. The Morgan fingerprint density at radius 2 is 1.90 bits per heavy atom. The molecule has 0 aliphatic rings. The highest BCUT2D eigenvalue weighted by Crippen LogP contribution is 2.25. The van der Waals surface area contributed by atoms with E-state index in [2.05, 4.69) is 10.5 Å². The first kappa shape index (κ1) is 13.7. The summed E-state index contributed by atoms with van der Waals surface area (Å²) in [7, 11) is 3.10. The second kappa shape index (κ2) is 6.42. The van der Waals surface area contributed by atoms with Crippen molar-refractivity contribution in [1.29, 1.82) is 0 Å². The largest absolute Gasteiger partial charge is 0.496 e. The predicted octanol–water partition coefficient (Wildman–Crippen LogP) is 2.06. The van der Waals surface area contributed by atoms with Gasteiger partial charge in [0.05, 0.1) is 32.3 Å². The standard InChI is InChI=1S/C14H14N2O4/c1-18-11-5-3-6-12(19-2)10(11)9-15-16-14(17)13-7-4-8-20-13/h3-9H,1-2H3,(H,16,17)/b15-9-. The van der Waals surface area contributed by atoms with E-state index in [9.17, 15) is 4.79 Å². The van der Waals surface area contributed by atoms with Crippen LogP contribution in [0.3, 0.4) is 0 Å². The molecule has 0 atom stereocenters. The zero-order valence-electron chi connectivity index (χ0n) is 11.1. The third-order valence-electron chi connectivity index (χ3n) is 2.57. The van der Waals surface area contributed by atoms with Crippen LogP contribution in [0.1, 0.15) is 16.1 Å². The Morgan fingerprint density at radius 1 is 1.20 bits per heavy atom. The summed E-state index contributed by atoms with van der Waals surface area (Å²) in [4.78, 5) is 11.6. The number of hydrogen-bond donors (Lipinski definition) is 1. The van der Waals surface area contributed by atoms with Crippen molar-refractivity contribution in [1.82, 2.24) is 5.43 Å². The number of furan rings is 1. The number of ether oxygens (including phenoxy) is 2. The molecule has 6 nitrogen and oxygen atoms in total. The summed E-state index contributed by atoms with van der Waals surface area (Å²) in [6.45, 7) is 0. The molecule has 0 aliphatic heterocycles. The van der Waals surface area contributed by atoms with Crippen molar-refractivity contribution in [3.63, 3.8) is 0 Å². The second-order valence-electron chi connectivity index (χ2n) is 3.75. The molecule has 20 heavy (non-hydrogen) atoms. The van der Waals surface area contributed by atoms with Crippen molar-refractivity contribution >= 4 is 12.1 Å². The van der Waals surface area contributed by atoms with Crippen LogP contribution in [0.5, 0.6) is 11.5 Å². The van der Waals surface area contributed by atoms with E-state index in [1.54, 1.807) is 44.6 Å². The topological polar surface area (TPSA) is 73.1 Å². The molecule has 2 aromatic rings. The number of amides is 1. The highest BCUT2D eigenvalue weighted by atomic mass is 16.5. The average Bonchev–Trinajstić information content (AvgIpc) is 3.01. The number of benzene rings is 1. The maximum absolute atomic E-state index is 11.6. The molecule has 0 saturated heterocycles. The van der Waals surface area contributed by atoms with E-state index in [0.717, 1.165) is 0 Å². The molecule has 0 radical (unpaired) electrons. The Morgan fingerprint density at radius 3 is 2.45 bits per heavy atom. The SMILES string of the molecule is COc1cccc(OC)c1/C=N\NC(=O)c1ccco1. The van der Waals surface area contributed by atoms with Gasteiger partial charge in [-0.15, -0.1) is 0 Å². The zero-order valence-corrected chi connectivity index (χ0v) is 11.1.